The van der Waals surface area contributed by atoms with Crippen LogP contribution in [-0.4, -0.2) is 35.8 Å². The van der Waals surface area contributed by atoms with Crippen molar-refractivity contribution in [3.63, 3.8) is 0 Å². The van der Waals surface area contributed by atoms with Gasteiger partial charge in [-0.2, -0.15) is 0 Å². The monoisotopic (exact) mass is 239 g/mol. The molecule has 1 N–H and O–H groups in total. The molecule has 94 valence electrons. The quantitative estimate of drug-likeness (QED) is 0.858. The fraction of sp³-hybridized carbons (Fsp3) is 0.538. The van der Waals surface area contributed by atoms with Crippen molar-refractivity contribution in [3.8, 4) is 5.75 Å². The van der Waals surface area contributed by atoms with Crippen LogP contribution in [0.25, 0.3) is 0 Å². The van der Waals surface area contributed by atoms with Gasteiger partial charge in [-0.05, 0) is 31.5 Å². The van der Waals surface area contributed by atoms with E-state index in [9.17, 15) is 9.50 Å². The summed E-state index contributed by atoms with van der Waals surface area (Å²) >= 11 is 0. The lowest BCUT2D eigenvalue weighted by Gasteiger charge is -2.22. The molecule has 0 bridgehead atoms. The van der Waals surface area contributed by atoms with Gasteiger partial charge in [0.15, 0.2) is 0 Å². The molecular weight excluding hydrogens is 221 g/mol. The molecule has 1 aromatic rings. The molecule has 0 radical (unpaired) electrons. The minimum atomic E-state index is -0.308. The summed E-state index contributed by atoms with van der Waals surface area (Å²) in [6.07, 6.45) is 1.16. The second-order valence-electron chi connectivity index (χ2n) is 4.54. The predicted molar refractivity (Wildman–Crippen MR) is 63.4 cm³/mol. The zero-order valence-corrected chi connectivity index (χ0v) is 10.0. The first-order valence-corrected chi connectivity index (χ1v) is 5.96. The first-order chi connectivity index (χ1) is 8.15. The van der Waals surface area contributed by atoms with Crippen LogP contribution in [0.1, 0.15) is 18.9 Å². The minimum absolute atomic E-state index is 0.157. The van der Waals surface area contributed by atoms with Crippen molar-refractivity contribution in [3.05, 3.63) is 29.6 Å². The number of hydrogen-bond acceptors (Lipinski definition) is 3. The molecule has 0 aromatic heterocycles. The second-order valence-corrected chi connectivity index (χ2v) is 4.54. The van der Waals surface area contributed by atoms with Crippen LogP contribution >= 0.6 is 0 Å². The van der Waals surface area contributed by atoms with Crippen molar-refractivity contribution < 1.29 is 14.2 Å². The number of benzene rings is 1. The van der Waals surface area contributed by atoms with Crippen molar-refractivity contribution in [2.75, 3.05) is 19.7 Å². The summed E-state index contributed by atoms with van der Waals surface area (Å²) in [6.45, 7) is 5.10. The van der Waals surface area contributed by atoms with Gasteiger partial charge in [0.25, 0.3) is 0 Å². The van der Waals surface area contributed by atoms with Gasteiger partial charge in [0.2, 0.25) is 0 Å². The number of nitrogens with zero attached hydrogens (tertiary/aromatic N) is 1. The van der Waals surface area contributed by atoms with E-state index in [1.807, 2.05) is 6.92 Å². The Balaban J connectivity index is 2.06. The highest BCUT2D eigenvalue weighted by Crippen LogP contribution is 2.20. The summed E-state index contributed by atoms with van der Waals surface area (Å²) in [5.41, 5.74) is 0.638. The van der Waals surface area contributed by atoms with Crippen LogP contribution in [0.2, 0.25) is 0 Å². The fourth-order valence-electron chi connectivity index (χ4n) is 2.15. The summed E-state index contributed by atoms with van der Waals surface area (Å²) < 4.78 is 18.7. The first kappa shape index (κ1) is 12.3. The van der Waals surface area contributed by atoms with Gasteiger partial charge in [0.1, 0.15) is 11.6 Å². The summed E-state index contributed by atoms with van der Waals surface area (Å²) in [6, 6.07) is 4.07. The Morgan fingerprint density at radius 1 is 1.53 bits per heavy atom. The van der Waals surface area contributed by atoms with Crippen LogP contribution in [0, 0.1) is 5.82 Å². The third-order valence-corrected chi connectivity index (χ3v) is 2.97. The standard InChI is InChI=1S/C13H18FNO2/c1-10-8-15(5-2-6-17-10)9-11-7-12(14)3-4-13(11)16/h3-4,7,10,16H,2,5-6,8-9H2,1H3. The molecule has 1 aliphatic heterocycles. The highest BCUT2D eigenvalue weighted by atomic mass is 19.1. The summed E-state index contributed by atoms with van der Waals surface area (Å²) in [5.74, 6) is -0.152. The van der Waals surface area contributed by atoms with Gasteiger partial charge in [-0.25, -0.2) is 4.39 Å². The topological polar surface area (TPSA) is 32.7 Å². The molecule has 0 spiro atoms. The van der Waals surface area contributed by atoms with Gasteiger partial charge in [0, 0.05) is 31.8 Å². The van der Waals surface area contributed by atoms with Crippen LogP contribution in [0.3, 0.4) is 0 Å². The van der Waals surface area contributed by atoms with Crippen molar-refractivity contribution >= 4 is 0 Å². The second kappa shape index (κ2) is 5.47. The maximum Gasteiger partial charge on any atom is 0.123 e. The van der Waals surface area contributed by atoms with E-state index < -0.39 is 0 Å². The third-order valence-electron chi connectivity index (χ3n) is 2.97. The molecule has 17 heavy (non-hydrogen) atoms. The van der Waals surface area contributed by atoms with Crippen molar-refractivity contribution in [1.82, 2.24) is 4.90 Å². The highest BCUT2D eigenvalue weighted by Gasteiger charge is 2.16. The molecule has 1 atom stereocenters. The third kappa shape index (κ3) is 3.41. The van der Waals surface area contributed by atoms with Crippen LogP contribution in [0.4, 0.5) is 4.39 Å². The normalized spacial score (nSPS) is 22.4. The van der Waals surface area contributed by atoms with E-state index in [0.717, 1.165) is 26.1 Å². The van der Waals surface area contributed by atoms with E-state index in [0.29, 0.717) is 12.1 Å². The number of aromatic hydroxyl groups is 1. The Hall–Kier alpha value is -1.13. The molecule has 1 heterocycles. The van der Waals surface area contributed by atoms with E-state index in [4.69, 9.17) is 4.74 Å². The molecule has 1 fully saturated rings. The number of rotatable bonds is 2. The maximum atomic E-state index is 13.1. The number of ether oxygens (including phenoxy) is 1. The zero-order valence-electron chi connectivity index (χ0n) is 10.0. The molecule has 4 heteroatoms. The van der Waals surface area contributed by atoms with Crippen molar-refractivity contribution in [2.24, 2.45) is 0 Å². The van der Waals surface area contributed by atoms with Gasteiger partial charge >= 0.3 is 0 Å². The lowest BCUT2D eigenvalue weighted by Crippen LogP contribution is -2.29. The Morgan fingerprint density at radius 2 is 2.35 bits per heavy atom. The average Bonchev–Trinajstić information content (AvgIpc) is 2.48. The van der Waals surface area contributed by atoms with E-state index >= 15 is 0 Å². The van der Waals surface area contributed by atoms with Gasteiger partial charge in [-0.3, -0.25) is 4.90 Å². The highest BCUT2D eigenvalue weighted by molar-refractivity contribution is 5.32. The molecule has 3 nitrogen and oxygen atoms in total. The zero-order chi connectivity index (χ0) is 12.3. The fourth-order valence-corrected chi connectivity index (χ4v) is 2.15. The van der Waals surface area contributed by atoms with Gasteiger partial charge in [-0.1, -0.05) is 0 Å². The Morgan fingerprint density at radius 3 is 3.18 bits per heavy atom. The lowest BCUT2D eigenvalue weighted by atomic mass is 10.1. The number of phenolic OH excluding ortho intramolecular Hbond substituents is 1. The molecule has 1 aromatic carbocycles. The summed E-state index contributed by atoms with van der Waals surface area (Å²) in [5, 5.41) is 9.68. The lowest BCUT2D eigenvalue weighted by molar-refractivity contribution is 0.0667. The van der Waals surface area contributed by atoms with Crippen LogP contribution in [0.15, 0.2) is 18.2 Å². The van der Waals surface area contributed by atoms with Crippen molar-refractivity contribution in [2.45, 2.75) is 26.0 Å². The van der Waals surface area contributed by atoms with Crippen LogP contribution < -0.4 is 0 Å². The number of halogens is 1. The van der Waals surface area contributed by atoms with E-state index in [2.05, 4.69) is 4.90 Å². The molecule has 1 aliphatic rings. The summed E-state index contributed by atoms with van der Waals surface area (Å²) in [4.78, 5) is 2.19. The molecule has 2 rings (SSSR count). The Kier molecular flexibility index (Phi) is 3.97. The van der Waals surface area contributed by atoms with Crippen molar-refractivity contribution in [1.29, 1.82) is 0 Å². The number of hydrogen-bond donors (Lipinski definition) is 1. The van der Waals surface area contributed by atoms with Crippen LogP contribution in [0.5, 0.6) is 5.75 Å². The minimum Gasteiger partial charge on any atom is -0.508 e. The SMILES string of the molecule is CC1CN(Cc2cc(F)ccc2O)CCCO1. The largest absolute Gasteiger partial charge is 0.508 e. The van der Waals surface area contributed by atoms with E-state index in [1.165, 1.54) is 18.2 Å². The predicted octanol–water partition coefficient (Wildman–Crippen LogP) is 2.14. The Bertz CT molecular complexity index is 384. The van der Waals surface area contributed by atoms with Gasteiger partial charge < -0.3 is 9.84 Å². The van der Waals surface area contributed by atoms with E-state index in [-0.39, 0.29) is 17.7 Å². The van der Waals surface area contributed by atoms with E-state index in [1.54, 1.807) is 0 Å². The molecule has 1 unspecified atom stereocenters. The maximum absolute atomic E-state index is 13.1. The number of phenols is 1. The van der Waals surface area contributed by atoms with Crippen LogP contribution in [-0.2, 0) is 11.3 Å². The average molecular weight is 239 g/mol. The molecule has 0 aliphatic carbocycles. The molecule has 1 saturated heterocycles. The molecule has 0 saturated carbocycles. The summed E-state index contributed by atoms with van der Waals surface area (Å²) in [7, 11) is 0. The smallest absolute Gasteiger partial charge is 0.123 e. The first-order valence-electron chi connectivity index (χ1n) is 5.96. The Labute approximate surface area is 101 Å². The van der Waals surface area contributed by atoms with Gasteiger partial charge in [0.05, 0.1) is 6.10 Å². The molecular formula is C13H18FNO2. The molecule has 0 amide bonds. The van der Waals surface area contributed by atoms with Gasteiger partial charge in [-0.15, -0.1) is 0 Å².